The molecule has 0 spiro atoms. The van der Waals surface area contributed by atoms with Crippen molar-refractivity contribution in [2.24, 2.45) is 0 Å². The van der Waals surface area contributed by atoms with Crippen molar-refractivity contribution < 1.29 is 40.2 Å². The van der Waals surface area contributed by atoms with Crippen LogP contribution < -0.4 is 26.3 Å². The van der Waals surface area contributed by atoms with Crippen molar-refractivity contribution in [2.75, 3.05) is 13.7 Å². The lowest BCUT2D eigenvalue weighted by molar-refractivity contribution is -0.671. The number of para-hydroxylation sites is 1. The molecule has 0 unspecified atom stereocenters. The molecule has 0 atom stereocenters. The van der Waals surface area contributed by atoms with Gasteiger partial charge in [0.1, 0.15) is 18.1 Å². The van der Waals surface area contributed by atoms with Gasteiger partial charge in [-0.3, -0.25) is 0 Å². The number of fused-ring (bicyclic) bond motifs is 1. The molecule has 4 nitrogen and oxygen atoms in total. The molecule has 0 saturated heterocycles. The molecule has 0 saturated carbocycles. The van der Waals surface area contributed by atoms with Crippen molar-refractivity contribution in [2.45, 2.75) is 77.2 Å². The van der Waals surface area contributed by atoms with E-state index in [9.17, 15) is 9.18 Å². The fourth-order valence-corrected chi connectivity index (χ4v) is 4.44. The largest absolute Gasteiger partial charge is 1.00 e. The van der Waals surface area contributed by atoms with Gasteiger partial charge in [0.05, 0.1) is 19.3 Å². The number of carbonyl (C=O) groups is 1. The zero-order chi connectivity index (χ0) is 24.7. The van der Waals surface area contributed by atoms with Crippen LogP contribution in [-0.4, -0.2) is 19.7 Å². The van der Waals surface area contributed by atoms with Gasteiger partial charge in [0.2, 0.25) is 5.52 Å². The number of methoxy groups -OCH3 is 1. The first kappa shape index (κ1) is 29.8. The van der Waals surface area contributed by atoms with Gasteiger partial charge >= 0.3 is 5.97 Å². The summed E-state index contributed by atoms with van der Waals surface area (Å²) in [6.07, 6.45) is 15.9. The topological polar surface area (TPSA) is 39.4 Å². The Hall–Kier alpha value is -2.47. The minimum absolute atomic E-state index is 0. The fraction of sp³-hybridized carbons (Fsp3) is 0.467. The van der Waals surface area contributed by atoms with Crippen molar-refractivity contribution in [1.82, 2.24) is 0 Å². The molecule has 3 rings (SSSR count). The van der Waals surface area contributed by atoms with Gasteiger partial charge < -0.3 is 26.5 Å². The molecule has 0 amide bonds. The van der Waals surface area contributed by atoms with Gasteiger partial charge in [-0.2, -0.15) is 4.57 Å². The lowest BCUT2D eigenvalue weighted by Gasteiger charge is -2.08. The minimum atomic E-state index is -0.676. The number of hydrogen-bond acceptors (Lipinski definition) is 3. The van der Waals surface area contributed by atoms with Crippen molar-refractivity contribution >= 4 is 16.9 Å². The monoisotopic (exact) mass is 559 g/mol. The Kier molecular flexibility index (Phi) is 14.1. The Balaban J connectivity index is 0.00000456. The highest BCUT2D eigenvalue weighted by Gasteiger charge is 2.12. The summed E-state index contributed by atoms with van der Waals surface area (Å²) in [6.45, 7) is 1.66. The van der Waals surface area contributed by atoms with E-state index in [2.05, 4.69) is 51.9 Å². The number of unbranched alkanes of at least 4 members (excludes halogenated alkanes) is 10. The van der Waals surface area contributed by atoms with Gasteiger partial charge in [-0.25, -0.2) is 9.18 Å². The first-order valence-corrected chi connectivity index (χ1v) is 13.1. The maximum Gasteiger partial charge on any atom is 0.340 e. The third kappa shape index (κ3) is 9.88. The molecule has 0 aliphatic heterocycles. The van der Waals surface area contributed by atoms with Crippen molar-refractivity contribution in [3.63, 3.8) is 0 Å². The van der Waals surface area contributed by atoms with Crippen LogP contribution in [0.3, 0.4) is 0 Å². The second-order valence-corrected chi connectivity index (χ2v) is 9.13. The minimum Gasteiger partial charge on any atom is -1.00 e. The molecule has 0 bridgehead atoms. The lowest BCUT2D eigenvalue weighted by atomic mass is 10.1. The summed E-state index contributed by atoms with van der Waals surface area (Å²) in [5.74, 6) is -0.839. The van der Waals surface area contributed by atoms with Crippen LogP contribution in [-0.2, 0) is 11.3 Å². The third-order valence-corrected chi connectivity index (χ3v) is 6.45. The van der Waals surface area contributed by atoms with Crippen molar-refractivity contribution in [1.29, 1.82) is 0 Å². The van der Waals surface area contributed by atoms with E-state index in [1.165, 1.54) is 87.9 Å². The van der Waals surface area contributed by atoms with Crippen LogP contribution in [0, 0.1) is 5.82 Å². The Morgan fingerprint density at radius 3 is 2.08 bits per heavy atom. The first-order chi connectivity index (χ1) is 17.2. The fourth-order valence-electron chi connectivity index (χ4n) is 4.44. The number of hydrogen-bond donors (Lipinski definition) is 0. The highest BCUT2D eigenvalue weighted by atomic mass is 79.9. The third-order valence-electron chi connectivity index (χ3n) is 6.45. The summed E-state index contributed by atoms with van der Waals surface area (Å²) in [6, 6.07) is 17.2. The highest BCUT2D eigenvalue weighted by Crippen LogP contribution is 2.18. The van der Waals surface area contributed by atoms with Crippen LogP contribution in [0.15, 0.2) is 60.8 Å². The van der Waals surface area contributed by atoms with E-state index in [4.69, 9.17) is 4.74 Å². The Morgan fingerprint density at radius 1 is 0.806 bits per heavy atom. The van der Waals surface area contributed by atoms with Crippen LogP contribution in [0.1, 0.15) is 81.0 Å². The standard InChI is InChI=1S/C30H39FNO3.BrH/c1-34-30(33)27-20-19-26(24-28(27)31)35-23-14-10-8-6-4-2-3-5-7-9-13-21-32-22-15-17-25-16-11-12-18-29(25)32;/h11-12,15-20,22,24H,2-10,13-14,21,23H2,1H3;1H/q+1;/p-1. The van der Waals surface area contributed by atoms with E-state index < -0.39 is 11.8 Å². The van der Waals surface area contributed by atoms with E-state index in [1.54, 1.807) is 6.07 Å². The molecule has 2 aromatic carbocycles. The van der Waals surface area contributed by atoms with Crippen LogP contribution in [0.5, 0.6) is 5.75 Å². The zero-order valence-electron chi connectivity index (χ0n) is 21.4. The Labute approximate surface area is 225 Å². The number of halogens is 2. The average molecular weight is 561 g/mol. The summed E-state index contributed by atoms with van der Waals surface area (Å²) in [5, 5.41) is 1.31. The molecule has 3 aromatic rings. The summed E-state index contributed by atoms with van der Waals surface area (Å²) < 4.78 is 26.4. The summed E-state index contributed by atoms with van der Waals surface area (Å²) in [4.78, 5) is 11.4. The van der Waals surface area contributed by atoms with Crippen molar-refractivity contribution in [3.8, 4) is 5.75 Å². The molecular weight excluding hydrogens is 521 g/mol. The molecule has 1 heterocycles. The number of nitrogens with zero attached hydrogens (tertiary/aromatic N) is 1. The molecular formula is C30H39BrFNO3. The quantitative estimate of drug-likeness (QED) is 0.148. The second-order valence-electron chi connectivity index (χ2n) is 9.13. The van der Waals surface area contributed by atoms with Gasteiger partial charge in [-0.05, 0) is 37.1 Å². The number of aromatic nitrogens is 1. The van der Waals surface area contributed by atoms with Gasteiger partial charge in [0.25, 0.3) is 0 Å². The van der Waals surface area contributed by atoms with E-state index in [0.29, 0.717) is 12.4 Å². The predicted molar refractivity (Wildman–Crippen MR) is 138 cm³/mol. The molecule has 36 heavy (non-hydrogen) atoms. The Bertz CT molecular complexity index is 1050. The van der Waals surface area contributed by atoms with Gasteiger partial charge in [0, 0.05) is 30.0 Å². The number of aryl methyl sites for hydroxylation is 1. The molecule has 0 radical (unpaired) electrons. The predicted octanol–water partition coefficient (Wildman–Crippen LogP) is 4.43. The number of esters is 1. The van der Waals surface area contributed by atoms with Gasteiger partial charge in [0.15, 0.2) is 6.20 Å². The molecule has 0 N–H and O–H groups in total. The molecule has 6 heteroatoms. The summed E-state index contributed by atoms with van der Waals surface area (Å²) >= 11 is 0. The van der Waals surface area contributed by atoms with Crippen LogP contribution in [0.2, 0.25) is 0 Å². The SMILES string of the molecule is COC(=O)c1ccc(OCCCCCCCCCCCCC[n+]2cccc3ccccc32)cc1F.[Br-]. The number of carbonyl (C=O) groups excluding carboxylic acids is 1. The smallest absolute Gasteiger partial charge is 0.340 e. The van der Waals surface area contributed by atoms with Gasteiger partial charge in [-0.15, -0.1) is 0 Å². The number of benzene rings is 2. The normalized spacial score (nSPS) is 10.7. The maximum atomic E-state index is 13.9. The number of pyridine rings is 1. The Morgan fingerprint density at radius 2 is 1.42 bits per heavy atom. The molecule has 0 aliphatic rings. The lowest BCUT2D eigenvalue weighted by Crippen LogP contribution is -3.00. The van der Waals surface area contributed by atoms with E-state index in [0.717, 1.165) is 19.4 Å². The van der Waals surface area contributed by atoms with Crippen molar-refractivity contribution in [3.05, 3.63) is 72.2 Å². The van der Waals surface area contributed by atoms with E-state index in [-0.39, 0.29) is 22.5 Å². The molecule has 1 aromatic heterocycles. The average Bonchev–Trinajstić information content (AvgIpc) is 2.88. The number of rotatable bonds is 16. The summed E-state index contributed by atoms with van der Waals surface area (Å²) in [7, 11) is 1.24. The molecule has 0 fully saturated rings. The van der Waals surface area contributed by atoms with Crippen LogP contribution in [0.25, 0.3) is 10.9 Å². The first-order valence-electron chi connectivity index (χ1n) is 13.1. The van der Waals surface area contributed by atoms with E-state index in [1.807, 2.05) is 0 Å². The molecule has 0 aliphatic carbocycles. The highest BCUT2D eigenvalue weighted by molar-refractivity contribution is 5.89. The maximum absolute atomic E-state index is 13.9. The van der Waals surface area contributed by atoms with Crippen LogP contribution in [0.4, 0.5) is 4.39 Å². The number of ether oxygens (including phenoxy) is 2. The molecule has 196 valence electrons. The van der Waals surface area contributed by atoms with Gasteiger partial charge in [-0.1, -0.05) is 63.5 Å². The zero-order valence-corrected chi connectivity index (χ0v) is 23.0. The van der Waals surface area contributed by atoms with E-state index >= 15 is 0 Å². The summed E-state index contributed by atoms with van der Waals surface area (Å²) in [5.41, 5.74) is 1.25. The second kappa shape index (κ2) is 17.1. The van der Waals surface area contributed by atoms with Crippen LogP contribution >= 0.6 is 0 Å².